The second-order valence-corrected chi connectivity index (χ2v) is 6.33. The Morgan fingerprint density at radius 1 is 1.22 bits per heavy atom. The molecule has 3 nitrogen and oxygen atoms in total. The van der Waals surface area contributed by atoms with Crippen LogP contribution in [0.5, 0.6) is 5.75 Å². The molecule has 0 atom stereocenters. The zero-order valence-corrected chi connectivity index (χ0v) is 14.2. The topological polar surface area (TPSA) is 39.4 Å². The summed E-state index contributed by atoms with van der Waals surface area (Å²) in [7, 11) is 0. The van der Waals surface area contributed by atoms with Crippen molar-refractivity contribution in [3.8, 4) is 5.75 Å². The van der Waals surface area contributed by atoms with E-state index in [-0.39, 0.29) is 12.2 Å². The molecule has 1 aromatic heterocycles. The van der Waals surface area contributed by atoms with Crippen molar-refractivity contribution in [1.29, 1.82) is 0 Å². The van der Waals surface area contributed by atoms with E-state index in [0.717, 1.165) is 27.7 Å². The fourth-order valence-electron chi connectivity index (χ4n) is 2.35. The number of rotatable bonds is 3. The van der Waals surface area contributed by atoms with Gasteiger partial charge >= 0.3 is 5.97 Å². The van der Waals surface area contributed by atoms with Crippen LogP contribution in [-0.2, 0) is 11.2 Å². The fourth-order valence-corrected chi connectivity index (χ4v) is 2.68. The van der Waals surface area contributed by atoms with Gasteiger partial charge in [0, 0.05) is 15.4 Å². The zero-order chi connectivity index (χ0) is 16.6. The smallest absolute Gasteiger partial charge is 0.315 e. The first-order chi connectivity index (χ1) is 10.9. The second-order valence-electron chi connectivity index (χ2n) is 5.42. The van der Waals surface area contributed by atoms with Gasteiger partial charge in [-0.05, 0) is 55.3 Å². The van der Waals surface area contributed by atoms with Crippen LogP contribution in [0.2, 0.25) is 0 Å². The quantitative estimate of drug-likeness (QED) is 0.471. The number of hydrogen-bond donors (Lipinski definition) is 0. The van der Waals surface area contributed by atoms with E-state index < -0.39 is 11.8 Å². The van der Waals surface area contributed by atoms with Crippen molar-refractivity contribution in [3.63, 3.8) is 0 Å². The van der Waals surface area contributed by atoms with E-state index in [4.69, 9.17) is 9.15 Å². The summed E-state index contributed by atoms with van der Waals surface area (Å²) < 4.78 is 24.9. The highest BCUT2D eigenvalue weighted by atomic mass is 79.9. The number of furan rings is 1. The Kier molecular flexibility index (Phi) is 4.22. The molecule has 0 spiro atoms. The average molecular weight is 377 g/mol. The van der Waals surface area contributed by atoms with Crippen LogP contribution in [0.25, 0.3) is 11.0 Å². The van der Waals surface area contributed by atoms with Crippen LogP contribution >= 0.6 is 15.9 Å². The summed E-state index contributed by atoms with van der Waals surface area (Å²) in [5.41, 5.74) is 3.70. The first-order valence-corrected chi connectivity index (χ1v) is 7.86. The van der Waals surface area contributed by atoms with E-state index >= 15 is 0 Å². The van der Waals surface area contributed by atoms with Crippen LogP contribution in [0, 0.1) is 19.7 Å². The number of fused-ring (bicyclic) bond motifs is 1. The van der Waals surface area contributed by atoms with Gasteiger partial charge in [0.05, 0.1) is 12.7 Å². The summed E-state index contributed by atoms with van der Waals surface area (Å²) in [6.07, 6.45) is 1.56. The van der Waals surface area contributed by atoms with E-state index in [1.807, 2.05) is 26.0 Å². The summed E-state index contributed by atoms with van der Waals surface area (Å²) in [4.78, 5) is 12.1. The summed E-state index contributed by atoms with van der Waals surface area (Å²) in [6, 6.07) is 8.20. The maximum absolute atomic E-state index is 13.7. The molecule has 1 heterocycles. The molecule has 0 saturated heterocycles. The molecule has 0 amide bonds. The minimum atomic E-state index is -0.587. The van der Waals surface area contributed by atoms with Gasteiger partial charge < -0.3 is 9.15 Å². The van der Waals surface area contributed by atoms with Crippen LogP contribution in [0.1, 0.15) is 16.7 Å². The van der Waals surface area contributed by atoms with E-state index in [9.17, 15) is 9.18 Å². The molecule has 0 N–H and O–H groups in total. The molecule has 0 saturated carbocycles. The molecule has 3 aromatic rings. The number of carbonyl (C=O) groups excluding carboxylic acids is 1. The summed E-state index contributed by atoms with van der Waals surface area (Å²) in [5.74, 6) is -1.21. The Labute approximate surface area is 141 Å². The molecule has 0 aliphatic rings. The van der Waals surface area contributed by atoms with Crippen LogP contribution < -0.4 is 4.74 Å². The highest BCUT2D eigenvalue weighted by molar-refractivity contribution is 9.10. The zero-order valence-electron chi connectivity index (χ0n) is 12.7. The maximum atomic E-state index is 13.7. The van der Waals surface area contributed by atoms with Crippen molar-refractivity contribution in [2.24, 2.45) is 0 Å². The van der Waals surface area contributed by atoms with Gasteiger partial charge in [0.1, 0.15) is 5.58 Å². The summed E-state index contributed by atoms with van der Waals surface area (Å²) in [5, 5.41) is 0.876. The number of halogens is 2. The van der Waals surface area contributed by atoms with E-state index in [2.05, 4.69) is 15.9 Å². The predicted molar refractivity (Wildman–Crippen MR) is 89.1 cm³/mol. The van der Waals surface area contributed by atoms with Crippen LogP contribution in [-0.4, -0.2) is 5.97 Å². The largest absolute Gasteiger partial charge is 0.464 e. The molecule has 0 aliphatic carbocycles. The lowest BCUT2D eigenvalue weighted by Gasteiger charge is -2.05. The van der Waals surface area contributed by atoms with Crippen LogP contribution in [0.3, 0.4) is 0 Å². The normalized spacial score (nSPS) is 11.0. The third-order valence-electron chi connectivity index (χ3n) is 3.72. The molecular formula is C18H14BrFO3. The van der Waals surface area contributed by atoms with Crippen molar-refractivity contribution >= 4 is 32.9 Å². The molecule has 0 aliphatic heterocycles. The molecule has 0 bridgehead atoms. The van der Waals surface area contributed by atoms with E-state index in [1.165, 1.54) is 12.1 Å². The van der Waals surface area contributed by atoms with Crippen molar-refractivity contribution < 1.29 is 18.3 Å². The van der Waals surface area contributed by atoms with Gasteiger partial charge in [-0.25, -0.2) is 4.39 Å². The minimum absolute atomic E-state index is 0.0189. The van der Waals surface area contributed by atoms with Gasteiger partial charge in [0.2, 0.25) is 0 Å². The van der Waals surface area contributed by atoms with E-state index in [0.29, 0.717) is 4.47 Å². The van der Waals surface area contributed by atoms with E-state index in [1.54, 1.807) is 12.3 Å². The van der Waals surface area contributed by atoms with Gasteiger partial charge in [-0.2, -0.15) is 0 Å². The van der Waals surface area contributed by atoms with Crippen molar-refractivity contribution in [3.05, 3.63) is 63.6 Å². The van der Waals surface area contributed by atoms with Gasteiger partial charge in [-0.1, -0.05) is 15.9 Å². The lowest BCUT2D eigenvalue weighted by Crippen LogP contribution is -2.11. The van der Waals surface area contributed by atoms with Gasteiger partial charge in [-0.15, -0.1) is 0 Å². The molecule has 0 unspecified atom stereocenters. The average Bonchev–Trinajstić information content (AvgIpc) is 2.85. The van der Waals surface area contributed by atoms with Crippen LogP contribution in [0.15, 0.2) is 45.5 Å². The molecule has 3 rings (SSSR count). The highest BCUT2D eigenvalue weighted by Gasteiger charge is 2.15. The third-order valence-corrected chi connectivity index (χ3v) is 4.22. The van der Waals surface area contributed by atoms with Gasteiger partial charge in [0.15, 0.2) is 11.6 Å². The standard InChI is InChI=1S/C18H14BrFO3/c1-10-5-14-12(9-22-17(14)6-11(10)2)7-18(21)23-16-4-3-13(19)8-15(16)20/h3-6,8-9H,7H2,1-2H3. The molecule has 0 radical (unpaired) electrons. The number of carbonyl (C=O) groups is 1. The Bertz CT molecular complexity index is 899. The molecule has 23 heavy (non-hydrogen) atoms. The van der Waals surface area contributed by atoms with Gasteiger partial charge in [-0.3, -0.25) is 4.79 Å². The SMILES string of the molecule is Cc1cc2occ(CC(=O)Oc3ccc(Br)cc3F)c2cc1C. The van der Waals surface area contributed by atoms with Crippen molar-refractivity contribution in [2.75, 3.05) is 0 Å². The Balaban J connectivity index is 1.81. The lowest BCUT2D eigenvalue weighted by atomic mass is 10.0. The van der Waals surface area contributed by atoms with Crippen molar-refractivity contribution in [2.45, 2.75) is 20.3 Å². The maximum Gasteiger partial charge on any atom is 0.315 e. The Morgan fingerprint density at radius 2 is 1.96 bits per heavy atom. The lowest BCUT2D eigenvalue weighted by molar-refractivity contribution is -0.133. The fraction of sp³-hybridized carbons (Fsp3) is 0.167. The number of esters is 1. The highest BCUT2D eigenvalue weighted by Crippen LogP contribution is 2.26. The predicted octanol–water partition coefficient (Wildman–Crippen LogP) is 5.10. The first-order valence-electron chi connectivity index (χ1n) is 7.07. The molecule has 5 heteroatoms. The third kappa shape index (κ3) is 3.29. The molecule has 0 fully saturated rings. The molecular weight excluding hydrogens is 363 g/mol. The summed E-state index contributed by atoms with van der Waals surface area (Å²) in [6.45, 7) is 4.00. The van der Waals surface area contributed by atoms with Crippen molar-refractivity contribution in [1.82, 2.24) is 0 Å². The second kappa shape index (κ2) is 6.16. The molecule has 118 valence electrons. The number of hydrogen-bond acceptors (Lipinski definition) is 3. The van der Waals surface area contributed by atoms with Gasteiger partial charge in [0.25, 0.3) is 0 Å². The monoisotopic (exact) mass is 376 g/mol. The molecule has 2 aromatic carbocycles. The Morgan fingerprint density at radius 3 is 2.70 bits per heavy atom. The van der Waals surface area contributed by atoms with Crippen LogP contribution in [0.4, 0.5) is 4.39 Å². The Hall–Kier alpha value is -2.14. The summed E-state index contributed by atoms with van der Waals surface area (Å²) >= 11 is 3.16. The number of ether oxygens (including phenoxy) is 1. The minimum Gasteiger partial charge on any atom is -0.464 e. The number of aryl methyl sites for hydroxylation is 2. The number of benzene rings is 2. The first kappa shape index (κ1) is 15.7.